The van der Waals surface area contributed by atoms with Crippen molar-refractivity contribution in [2.45, 2.75) is 55.6 Å². The SMILES string of the molecule is COC(=O)C1=CO[C@@H](O[C@@H]2O[C@H](CO)[C@@H](O)[C@H](O)[C@H]2O)[C@H]2[C@@H]1C=C[C@]21C=C([C@H](C)OC(=O)/C=C/c2ccc(O)cc2)C(=O)O1. The van der Waals surface area contributed by atoms with Gasteiger partial charge in [-0.15, -0.1) is 0 Å². The number of phenolic OH excluding ortho intramolecular Hbond substituents is 1. The summed E-state index contributed by atoms with van der Waals surface area (Å²) in [6, 6.07) is 6.11. The van der Waals surface area contributed by atoms with Crippen LogP contribution in [0, 0.1) is 11.8 Å². The first-order chi connectivity index (χ1) is 21.0. The molecule has 3 heterocycles. The van der Waals surface area contributed by atoms with Crippen LogP contribution >= 0.6 is 0 Å². The molecule has 0 amide bonds. The predicted molar refractivity (Wildman–Crippen MR) is 146 cm³/mol. The number of esters is 3. The predicted octanol–water partition coefficient (Wildman–Crippen LogP) is -0.409. The van der Waals surface area contributed by atoms with Crippen molar-refractivity contribution in [1.29, 1.82) is 0 Å². The number of carbonyl (C=O) groups excluding carboxylic acids is 3. The molecule has 14 heteroatoms. The van der Waals surface area contributed by atoms with Gasteiger partial charge in [0.05, 0.1) is 37.0 Å². The quantitative estimate of drug-likeness (QED) is 0.109. The van der Waals surface area contributed by atoms with Gasteiger partial charge in [0.25, 0.3) is 0 Å². The highest BCUT2D eigenvalue weighted by molar-refractivity contribution is 5.95. The Labute approximate surface area is 251 Å². The van der Waals surface area contributed by atoms with Crippen molar-refractivity contribution < 1.29 is 68.3 Å². The normalized spacial score (nSPS) is 35.0. The number of aliphatic hydroxyl groups is 4. The fourth-order valence-electron chi connectivity index (χ4n) is 5.59. The van der Waals surface area contributed by atoms with Crippen LogP contribution in [0.3, 0.4) is 0 Å². The van der Waals surface area contributed by atoms with E-state index in [1.807, 2.05) is 0 Å². The van der Waals surface area contributed by atoms with Crippen molar-refractivity contribution in [3.8, 4) is 5.75 Å². The van der Waals surface area contributed by atoms with Crippen molar-refractivity contribution in [3.05, 3.63) is 71.5 Å². The van der Waals surface area contributed by atoms with Gasteiger partial charge < -0.3 is 54.0 Å². The molecule has 1 aromatic carbocycles. The number of aromatic hydroxyl groups is 1. The standard InChI is InChI=1S/C30H32O14/c1-14(41-21(33)8-5-15-3-6-16(32)7-4-15)18-11-30(44-27(18)38)10-9-17-19(26(37)39-2)13-40-28(22(17)30)43-29-25(36)24(35)23(34)20(12-31)42-29/h3-11,13-14,17,20,22-25,28-29,31-32,34-36H,12H2,1-2H3/b8-5+/t14-,17+,20+,22+,23+,24-,25+,28-,29-,30-/m0/s1. The molecule has 1 aromatic rings. The molecule has 0 saturated carbocycles. The number of fused-ring (bicyclic) bond motifs is 2. The number of aliphatic hydroxyl groups excluding tert-OH is 4. The Morgan fingerprint density at radius 3 is 2.50 bits per heavy atom. The number of benzene rings is 1. The summed E-state index contributed by atoms with van der Waals surface area (Å²) in [5.41, 5.74) is -0.852. The van der Waals surface area contributed by atoms with Gasteiger partial charge in [0.15, 0.2) is 11.9 Å². The maximum Gasteiger partial charge on any atom is 0.338 e. The van der Waals surface area contributed by atoms with Gasteiger partial charge in [-0.2, -0.15) is 0 Å². The Balaban J connectivity index is 1.39. The molecule has 0 unspecified atom stereocenters. The lowest BCUT2D eigenvalue weighted by atomic mass is 9.78. The number of rotatable bonds is 8. The van der Waals surface area contributed by atoms with Gasteiger partial charge >= 0.3 is 17.9 Å². The highest BCUT2D eigenvalue weighted by atomic mass is 16.8. The van der Waals surface area contributed by atoms with Crippen LogP contribution in [0.2, 0.25) is 0 Å². The van der Waals surface area contributed by atoms with E-state index in [-0.39, 0.29) is 16.9 Å². The molecule has 4 aliphatic rings. The lowest BCUT2D eigenvalue weighted by Crippen LogP contribution is -2.60. The highest BCUT2D eigenvalue weighted by Crippen LogP contribution is 2.51. The fraction of sp³-hybridized carbons (Fsp3) is 0.433. The average Bonchev–Trinajstić information content (AvgIpc) is 3.56. The molecule has 1 fully saturated rings. The van der Waals surface area contributed by atoms with Crippen molar-refractivity contribution in [2.24, 2.45) is 11.8 Å². The Morgan fingerprint density at radius 1 is 1.09 bits per heavy atom. The maximum atomic E-state index is 13.1. The number of ether oxygens (including phenoxy) is 6. The van der Waals surface area contributed by atoms with Crippen LogP contribution in [-0.2, 0) is 42.8 Å². The van der Waals surface area contributed by atoms with E-state index in [2.05, 4.69) is 0 Å². The number of methoxy groups -OCH3 is 1. The molecule has 44 heavy (non-hydrogen) atoms. The second-order valence-corrected chi connectivity index (χ2v) is 10.7. The van der Waals surface area contributed by atoms with Gasteiger partial charge in [-0.05, 0) is 42.8 Å². The van der Waals surface area contributed by atoms with E-state index in [0.717, 1.165) is 12.3 Å². The van der Waals surface area contributed by atoms with Crippen molar-refractivity contribution >= 4 is 24.0 Å². The van der Waals surface area contributed by atoms with Crippen LogP contribution in [0.5, 0.6) is 5.75 Å². The summed E-state index contributed by atoms with van der Waals surface area (Å²) in [5.74, 6) is -3.97. The average molecular weight is 617 g/mol. The molecular formula is C30H32O14. The summed E-state index contributed by atoms with van der Waals surface area (Å²) in [4.78, 5) is 38.2. The van der Waals surface area contributed by atoms with Gasteiger partial charge in [0, 0.05) is 12.0 Å². The number of phenols is 1. The zero-order valence-corrected chi connectivity index (χ0v) is 23.6. The lowest BCUT2D eigenvalue weighted by molar-refractivity contribution is -0.344. The first-order valence-corrected chi connectivity index (χ1v) is 13.7. The molecule has 5 N–H and O–H groups in total. The molecule has 236 valence electrons. The van der Waals surface area contributed by atoms with Gasteiger partial charge in [-0.25, -0.2) is 14.4 Å². The highest BCUT2D eigenvalue weighted by Gasteiger charge is 2.60. The number of hydrogen-bond donors (Lipinski definition) is 5. The fourth-order valence-corrected chi connectivity index (χ4v) is 5.59. The van der Waals surface area contributed by atoms with Gasteiger partial charge in [0.2, 0.25) is 6.29 Å². The molecule has 14 nitrogen and oxygen atoms in total. The number of hydrogen-bond acceptors (Lipinski definition) is 14. The first kappa shape index (κ1) is 31.4. The molecule has 5 rings (SSSR count). The molecule has 3 aliphatic heterocycles. The molecule has 0 radical (unpaired) electrons. The summed E-state index contributed by atoms with van der Waals surface area (Å²) >= 11 is 0. The Kier molecular flexibility index (Phi) is 8.92. The zero-order valence-electron chi connectivity index (χ0n) is 23.6. The van der Waals surface area contributed by atoms with Crippen molar-refractivity contribution in [2.75, 3.05) is 13.7 Å². The van der Waals surface area contributed by atoms with E-state index in [1.165, 1.54) is 44.4 Å². The minimum Gasteiger partial charge on any atom is -0.508 e. The number of allylic oxidation sites excluding steroid dienone is 1. The van der Waals surface area contributed by atoms with Crippen LogP contribution in [0.15, 0.2) is 66.0 Å². The van der Waals surface area contributed by atoms with E-state index >= 15 is 0 Å². The van der Waals surface area contributed by atoms with Crippen molar-refractivity contribution in [3.63, 3.8) is 0 Å². The van der Waals surface area contributed by atoms with E-state index < -0.39 is 85.1 Å². The molecule has 1 saturated heterocycles. The summed E-state index contributed by atoms with van der Waals surface area (Å²) in [5, 5.41) is 49.8. The summed E-state index contributed by atoms with van der Waals surface area (Å²) in [7, 11) is 1.18. The Morgan fingerprint density at radius 2 is 1.82 bits per heavy atom. The minimum absolute atomic E-state index is 0.00226. The summed E-state index contributed by atoms with van der Waals surface area (Å²) < 4.78 is 33.2. The topological polar surface area (TPSA) is 208 Å². The Hall–Kier alpha value is -4.05. The second-order valence-electron chi connectivity index (χ2n) is 10.7. The zero-order chi connectivity index (χ0) is 31.8. The van der Waals surface area contributed by atoms with Crippen molar-refractivity contribution in [1.82, 2.24) is 0 Å². The molecule has 0 aromatic heterocycles. The van der Waals surface area contributed by atoms with E-state index in [4.69, 9.17) is 28.4 Å². The van der Waals surface area contributed by atoms with Crippen LogP contribution < -0.4 is 0 Å². The van der Waals surface area contributed by atoms with E-state index in [9.17, 15) is 39.9 Å². The Bertz CT molecular complexity index is 1390. The smallest absolute Gasteiger partial charge is 0.338 e. The first-order valence-electron chi connectivity index (χ1n) is 13.7. The molecule has 1 spiro atoms. The lowest BCUT2D eigenvalue weighted by Gasteiger charge is -2.44. The molecule has 10 atom stereocenters. The van der Waals surface area contributed by atoms with Crippen LogP contribution in [0.4, 0.5) is 0 Å². The molecule has 0 bridgehead atoms. The summed E-state index contributed by atoms with van der Waals surface area (Å²) in [6.07, 6.45) is -2.06. The van der Waals surface area contributed by atoms with Crippen LogP contribution in [-0.4, -0.2) is 106 Å². The third-order valence-corrected chi connectivity index (χ3v) is 7.91. The van der Waals surface area contributed by atoms with Crippen LogP contribution in [0.1, 0.15) is 12.5 Å². The second kappa shape index (κ2) is 12.5. The largest absolute Gasteiger partial charge is 0.508 e. The molecular weight excluding hydrogens is 584 g/mol. The summed E-state index contributed by atoms with van der Waals surface area (Å²) in [6.45, 7) is 0.790. The van der Waals surface area contributed by atoms with Crippen LogP contribution in [0.25, 0.3) is 6.08 Å². The maximum absolute atomic E-state index is 13.1. The van der Waals surface area contributed by atoms with E-state index in [1.54, 1.807) is 18.2 Å². The van der Waals surface area contributed by atoms with Gasteiger partial charge in [-0.3, -0.25) is 0 Å². The third kappa shape index (κ3) is 5.87. The molecule has 1 aliphatic carbocycles. The minimum atomic E-state index is -1.75. The monoisotopic (exact) mass is 616 g/mol. The van der Waals surface area contributed by atoms with Gasteiger partial charge in [0.1, 0.15) is 36.3 Å². The van der Waals surface area contributed by atoms with Gasteiger partial charge in [-0.1, -0.05) is 18.2 Å². The third-order valence-electron chi connectivity index (χ3n) is 7.91. The van der Waals surface area contributed by atoms with E-state index in [0.29, 0.717) is 5.56 Å². The number of carbonyl (C=O) groups is 3.